The summed E-state index contributed by atoms with van der Waals surface area (Å²) < 4.78 is 10.4. The van der Waals surface area contributed by atoms with E-state index in [1.807, 2.05) is 6.07 Å². The van der Waals surface area contributed by atoms with Crippen molar-refractivity contribution in [3.8, 4) is 11.5 Å². The number of carbonyl (C=O) groups excluding carboxylic acids is 2. The van der Waals surface area contributed by atoms with E-state index in [0.717, 1.165) is 5.56 Å². The third-order valence-corrected chi connectivity index (χ3v) is 3.19. The summed E-state index contributed by atoms with van der Waals surface area (Å²) in [6.45, 7) is 1.64. The van der Waals surface area contributed by atoms with Gasteiger partial charge >= 0.3 is 0 Å². The lowest BCUT2D eigenvalue weighted by Crippen LogP contribution is -2.47. The summed E-state index contributed by atoms with van der Waals surface area (Å²) in [5.74, 6) is 0.958. The van der Waals surface area contributed by atoms with Crippen LogP contribution in [0.4, 0.5) is 0 Å². The van der Waals surface area contributed by atoms with Crippen LogP contribution in [0, 0.1) is 0 Å². The third kappa shape index (κ3) is 5.18. The van der Waals surface area contributed by atoms with Crippen molar-refractivity contribution in [1.29, 1.82) is 0 Å². The molecule has 1 atom stereocenters. The summed E-state index contributed by atoms with van der Waals surface area (Å²) in [5, 5.41) is 5.28. The monoisotopic (exact) mass is 312 g/mol. The molecule has 0 saturated carbocycles. The van der Waals surface area contributed by atoms with Gasteiger partial charge in [0, 0.05) is 30.9 Å². The Morgan fingerprint density at radius 3 is 2.52 bits per heavy atom. The number of nitrogens with one attached hydrogen (secondary N) is 2. The van der Waals surface area contributed by atoms with Crippen LogP contribution in [0.3, 0.4) is 0 Å². The molecule has 0 spiro atoms. The molecule has 0 bridgehead atoms. The normalized spacial score (nSPS) is 11.4. The standard InChI is InChI=1S/C14H20N2O4S/c1-9(17)16-12(8-21)14(18)15-7-10-4-5-11(19-2)6-13(10)20-3/h4-6,12,21H,7-8H2,1-3H3,(H,15,18)(H,16,17). The Bertz CT molecular complexity index is 508. The molecule has 2 N–H and O–H groups in total. The molecule has 1 aromatic rings. The van der Waals surface area contributed by atoms with E-state index >= 15 is 0 Å². The van der Waals surface area contributed by atoms with E-state index < -0.39 is 6.04 Å². The minimum Gasteiger partial charge on any atom is -0.497 e. The molecule has 0 aromatic heterocycles. The van der Waals surface area contributed by atoms with E-state index in [9.17, 15) is 9.59 Å². The number of carbonyl (C=O) groups is 2. The Labute approximate surface area is 129 Å². The van der Waals surface area contributed by atoms with Gasteiger partial charge in [0.2, 0.25) is 11.8 Å². The maximum Gasteiger partial charge on any atom is 0.243 e. The van der Waals surface area contributed by atoms with Gasteiger partial charge < -0.3 is 20.1 Å². The zero-order chi connectivity index (χ0) is 15.8. The fourth-order valence-corrected chi connectivity index (χ4v) is 2.00. The number of hydrogen-bond donors (Lipinski definition) is 3. The lowest BCUT2D eigenvalue weighted by atomic mass is 10.2. The van der Waals surface area contributed by atoms with E-state index in [0.29, 0.717) is 11.5 Å². The topological polar surface area (TPSA) is 76.7 Å². The van der Waals surface area contributed by atoms with Gasteiger partial charge in [-0.25, -0.2) is 0 Å². The molecule has 0 heterocycles. The van der Waals surface area contributed by atoms with E-state index in [1.54, 1.807) is 26.4 Å². The second-order valence-corrected chi connectivity index (χ2v) is 4.70. The number of thiol groups is 1. The molecule has 2 amide bonds. The Hall–Kier alpha value is -1.89. The van der Waals surface area contributed by atoms with Crippen molar-refractivity contribution in [2.75, 3.05) is 20.0 Å². The molecule has 0 radical (unpaired) electrons. The molecule has 7 heteroatoms. The van der Waals surface area contributed by atoms with Crippen LogP contribution in [-0.2, 0) is 16.1 Å². The molecule has 1 aromatic carbocycles. The van der Waals surface area contributed by atoms with Crippen molar-refractivity contribution < 1.29 is 19.1 Å². The molecule has 1 rings (SSSR count). The van der Waals surface area contributed by atoms with E-state index in [-0.39, 0.29) is 24.1 Å². The molecule has 21 heavy (non-hydrogen) atoms. The lowest BCUT2D eigenvalue weighted by Gasteiger charge is -2.16. The van der Waals surface area contributed by atoms with Gasteiger partial charge in [0.25, 0.3) is 0 Å². The SMILES string of the molecule is COc1ccc(CNC(=O)C(CS)NC(C)=O)c(OC)c1. The molecule has 0 fully saturated rings. The van der Waals surface area contributed by atoms with Gasteiger partial charge in [0.05, 0.1) is 14.2 Å². The lowest BCUT2D eigenvalue weighted by molar-refractivity contribution is -0.127. The first kappa shape index (κ1) is 17.2. The molecule has 1 unspecified atom stereocenters. The first-order chi connectivity index (χ1) is 10.0. The average molecular weight is 312 g/mol. The average Bonchev–Trinajstić information content (AvgIpc) is 2.49. The fraction of sp³-hybridized carbons (Fsp3) is 0.429. The van der Waals surface area contributed by atoms with Crippen molar-refractivity contribution >= 4 is 24.4 Å². The highest BCUT2D eigenvalue weighted by molar-refractivity contribution is 7.80. The molecule has 0 aliphatic heterocycles. The van der Waals surface area contributed by atoms with Crippen LogP contribution in [0.25, 0.3) is 0 Å². The molecule has 116 valence electrons. The first-order valence-corrected chi connectivity index (χ1v) is 7.01. The number of methoxy groups -OCH3 is 2. The first-order valence-electron chi connectivity index (χ1n) is 6.38. The molecular weight excluding hydrogens is 292 g/mol. The molecule has 0 aliphatic rings. The van der Waals surface area contributed by atoms with Gasteiger partial charge in [-0.15, -0.1) is 0 Å². The smallest absolute Gasteiger partial charge is 0.243 e. The summed E-state index contributed by atoms with van der Waals surface area (Å²) in [5.41, 5.74) is 0.812. The van der Waals surface area contributed by atoms with Gasteiger partial charge in [-0.3, -0.25) is 9.59 Å². The van der Waals surface area contributed by atoms with Crippen LogP contribution >= 0.6 is 12.6 Å². The largest absolute Gasteiger partial charge is 0.497 e. The molecule has 6 nitrogen and oxygen atoms in total. The van der Waals surface area contributed by atoms with Crippen LogP contribution in [-0.4, -0.2) is 37.8 Å². The van der Waals surface area contributed by atoms with Gasteiger partial charge in [0.1, 0.15) is 17.5 Å². The number of amides is 2. The maximum atomic E-state index is 12.0. The number of benzene rings is 1. The Morgan fingerprint density at radius 1 is 1.29 bits per heavy atom. The van der Waals surface area contributed by atoms with Crippen molar-refractivity contribution in [3.63, 3.8) is 0 Å². The second kappa shape index (κ2) is 8.41. The fourth-order valence-electron chi connectivity index (χ4n) is 1.74. The number of rotatable bonds is 7. The van der Waals surface area contributed by atoms with Crippen molar-refractivity contribution in [1.82, 2.24) is 10.6 Å². The predicted octanol–water partition coefficient (Wildman–Crippen LogP) is 0.754. The van der Waals surface area contributed by atoms with E-state index in [1.165, 1.54) is 6.92 Å². The van der Waals surface area contributed by atoms with Crippen molar-refractivity contribution in [3.05, 3.63) is 23.8 Å². The minimum atomic E-state index is -0.657. The van der Waals surface area contributed by atoms with Gasteiger partial charge in [-0.1, -0.05) is 0 Å². The van der Waals surface area contributed by atoms with Crippen LogP contribution in [0.5, 0.6) is 11.5 Å². The Balaban J connectivity index is 2.69. The molecular formula is C14H20N2O4S. The Kier molecular flexibility index (Phi) is 6.87. The van der Waals surface area contributed by atoms with Crippen LogP contribution in [0.2, 0.25) is 0 Å². The van der Waals surface area contributed by atoms with E-state index in [4.69, 9.17) is 9.47 Å². The molecule has 0 saturated heterocycles. The zero-order valence-electron chi connectivity index (χ0n) is 12.3. The van der Waals surface area contributed by atoms with E-state index in [2.05, 4.69) is 23.3 Å². The summed E-state index contributed by atoms with van der Waals surface area (Å²) in [6.07, 6.45) is 0. The van der Waals surface area contributed by atoms with Crippen molar-refractivity contribution in [2.45, 2.75) is 19.5 Å². The molecule has 0 aliphatic carbocycles. The second-order valence-electron chi connectivity index (χ2n) is 4.33. The quantitative estimate of drug-likeness (QED) is 0.650. The van der Waals surface area contributed by atoms with Crippen LogP contribution in [0.1, 0.15) is 12.5 Å². The van der Waals surface area contributed by atoms with Crippen LogP contribution < -0.4 is 20.1 Å². The summed E-state index contributed by atoms with van der Waals surface area (Å²) in [7, 11) is 3.12. The highest BCUT2D eigenvalue weighted by Gasteiger charge is 2.17. The third-order valence-electron chi connectivity index (χ3n) is 2.82. The van der Waals surface area contributed by atoms with Crippen molar-refractivity contribution in [2.24, 2.45) is 0 Å². The van der Waals surface area contributed by atoms with Gasteiger partial charge in [-0.05, 0) is 12.1 Å². The van der Waals surface area contributed by atoms with Crippen LogP contribution in [0.15, 0.2) is 18.2 Å². The Morgan fingerprint density at radius 2 is 2.00 bits per heavy atom. The highest BCUT2D eigenvalue weighted by atomic mass is 32.1. The summed E-state index contributed by atoms with van der Waals surface area (Å²) in [6, 6.07) is 4.68. The highest BCUT2D eigenvalue weighted by Crippen LogP contribution is 2.24. The summed E-state index contributed by atoms with van der Waals surface area (Å²) >= 11 is 4.06. The minimum absolute atomic E-state index is 0.227. The van der Waals surface area contributed by atoms with Gasteiger partial charge in [0.15, 0.2) is 0 Å². The zero-order valence-corrected chi connectivity index (χ0v) is 13.2. The summed E-state index contributed by atoms with van der Waals surface area (Å²) in [4.78, 5) is 23.0. The number of ether oxygens (including phenoxy) is 2. The maximum absolute atomic E-state index is 12.0. The predicted molar refractivity (Wildman–Crippen MR) is 82.9 cm³/mol. The number of hydrogen-bond acceptors (Lipinski definition) is 5. The van der Waals surface area contributed by atoms with Gasteiger partial charge in [-0.2, -0.15) is 12.6 Å².